The van der Waals surface area contributed by atoms with E-state index in [9.17, 15) is 15.0 Å². The minimum atomic E-state index is -1.33. The fraction of sp³-hybridized carbons (Fsp3) is 0.542. The maximum absolute atomic E-state index is 12.3. The van der Waals surface area contributed by atoms with E-state index < -0.39 is 5.60 Å². The van der Waals surface area contributed by atoms with Gasteiger partial charge >= 0.3 is 0 Å². The van der Waals surface area contributed by atoms with E-state index in [1.807, 2.05) is 6.07 Å². The minimum Gasteiger partial charge on any atom is -0.493 e. The molecule has 2 aromatic heterocycles. The van der Waals surface area contributed by atoms with Gasteiger partial charge in [-0.2, -0.15) is 9.78 Å². The van der Waals surface area contributed by atoms with E-state index in [4.69, 9.17) is 16.7 Å². The second-order valence-electron chi connectivity index (χ2n) is 9.93. The van der Waals surface area contributed by atoms with Crippen LogP contribution in [0.3, 0.4) is 0 Å². The van der Waals surface area contributed by atoms with Crippen molar-refractivity contribution in [1.82, 2.24) is 24.6 Å². The SMILES string of the molecule is CC(C)(O)C(=O)N1CCC(CCc2c(C3CC3)nn(-c3nc4cc(Cl)ccc4[nH]3)c2O)CC1. The normalized spacial score (nSPS) is 17.8. The van der Waals surface area contributed by atoms with Gasteiger partial charge in [0, 0.05) is 29.6 Å². The average Bonchev–Trinajstić information content (AvgIpc) is 3.45. The molecule has 1 amide bonds. The lowest BCUT2D eigenvalue weighted by Gasteiger charge is -2.35. The summed E-state index contributed by atoms with van der Waals surface area (Å²) >= 11 is 6.09. The molecule has 1 aliphatic heterocycles. The molecule has 176 valence electrons. The lowest BCUT2D eigenvalue weighted by Crippen LogP contribution is -2.48. The van der Waals surface area contributed by atoms with Crippen molar-refractivity contribution in [2.75, 3.05) is 13.1 Å². The van der Waals surface area contributed by atoms with Gasteiger partial charge in [-0.3, -0.25) is 4.79 Å². The van der Waals surface area contributed by atoms with E-state index in [1.54, 1.807) is 17.0 Å². The van der Waals surface area contributed by atoms with E-state index >= 15 is 0 Å². The lowest BCUT2D eigenvalue weighted by molar-refractivity contribution is -0.149. The average molecular weight is 472 g/mol. The molecule has 8 nitrogen and oxygen atoms in total. The number of amides is 1. The number of hydrogen-bond acceptors (Lipinski definition) is 5. The number of nitrogens with zero attached hydrogens (tertiary/aromatic N) is 4. The number of halogens is 1. The van der Waals surface area contributed by atoms with Crippen molar-refractivity contribution in [1.29, 1.82) is 0 Å². The van der Waals surface area contributed by atoms with Crippen molar-refractivity contribution >= 4 is 28.5 Å². The summed E-state index contributed by atoms with van der Waals surface area (Å²) in [6, 6.07) is 5.46. The number of aliphatic hydroxyl groups is 1. The number of nitrogens with one attached hydrogen (secondary N) is 1. The van der Waals surface area contributed by atoms with Gasteiger partial charge in [0.25, 0.3) is 5.91 Å². The Labute approximate surface area is 197 Å². The Hall–Kier alpha value is -2.58. The van der Waals surface area contributed by atoms with Crippen LogP contribution < -0.4 is 0 Å². The Balaban J connectivity index is 1.31. The molecule has 1 aromatic carbocycles. The number of aromatic nitrogens is 4. The molecule has 1 saturated carbocycles. The highest BCUT2D eigenvalue weighted by Crippen LogP contribution is 2.44. The summed E-state index contributed by atoms with van der Waals surface area (Å²) in [5.41, 5.74) is 2.13. The van der Waals surface area contributed by atoms with Crippen LogP contribution in [-0.4, -0.2) is 59.5 Å². The number of rotatable bonds is 6. The van der Waals surface area contributed by atoms with Gasteiger partial charge in [0.15, 0.2) is 0 Å². The number of aromatic hydroxyl groups is 1. The highest BCUT2D eigenvalue weighted by Gasteiger charge is 2.34. The number of carbonyl (C=O) groups is 1. The third kappa shape index (κ3) is 4.46. The van der Waals surface area contributed by atoms with E-state index in [1.165, 1.54) is 18.5 Å². The monoisotopic (exact) mass is 471 g/mol. The second-order valence-corrected chi connectivity index (χ2v) is 10.4. The summed E-state index contributed by atoms with van der Waals surface area (Å²) in [4.78, 5) is 21.9. The number of piperidine rings is 1. The zero-order valence-electron chi connectivity index (χ0n) is 19.0. The number of hydrogen-bond donors (Lipinski definition) is 3. The van der Waals surface area contributed by atoms with Gasteiger partial charge < -0.3 is 20.1 Å². The standard InChI is InChI=1S/C24H30ClN5O3/c1-24(2,33)22(32)29-11-9-14(10-12-29)3-7-17-20(15-4-5-15)28-30(21(17)31)23-26-18-8-6-16(25)13-19(18)27-23/h6,8,13-15,31,33H,3-5,7,9-12H2,1-2H3,(H,26,27). The fourth-order valence-electron chi connectivity index (χ4n) is 4.76. The third-order valence-electron chi connectivity index (χ3n) is 6.81. The van der Waals surface area contributed by atoms with Crippen molar-refractivity contribution in [2.45, 2.75) is 63.9 Å². The maximum atomic E-state index is 12.3. The summed E-state index contributed by atoms with van der Waals surface area (Å²) in [5, 5.41) is 26.4. The van der Waals surface area contributed by atoms with Crippen molar-refractivity contribution in [3.63, 3.8) is 0 Å². The largest absolute Gasteiger partial charge is 0.493 e. The molecular weight excluding hydrogens is 442 g/mol. The number of carbonyl (C=O) groups excluding carboxylic acids is 1. The minimum absolute atomic E-state index is 0.150. The van der Waals surface area contributed by atoms with Gasteiger partial charge in [-0.15, -0.1) is 0 Å². The molecule has 3 heterocycles. The Kier molecular flexibility index (Phi) is 5.61. The van der Waals surface area contributed by atoms with Crippen LogP contribution >= 0.6 is 11.6 Å². The summed E-state index contributed by atoms with van der Waals surface area (Å²) in [6.07, 6.45) is 5.67. The first-order valence-electron chi connectivity index (χ1n) is 11.7. The second kappa shape index (κ2) is 8.33. The smallest absolute Gasteiger partial charge is 0.253 e. The first kappa shape index (κ1) is 22.2. The van der Waals surface area contributed by atoms with Crippen LogP contribution in [0.1, 0.15) is 63.1 Å². The summed E-state index contributed by atoms with van der Waals surface area (Å²) in [6.45, 7) is 4.40. The highest BCUT2D eigenvalue weighted by molar-refractivity contribution is 6.31. The van der Waals surface area contributed by atoms with E-state index in [-0.39, 0.29) is 11.8 Å². The van der Waals surface area contributed by atoms with Crippen molar-refractivity contribution in [3.8, 4) is 11.8 Å². The number of aromatic amines is 1. The van der Waals surface area contributed by atoms with Gasteiger partial charge in [0.1, 0.15) is 5.60 Å². The molecule has 0 atom stereocenters. The van der Waals surface area contributed by atoms with Crippen molar-refractivity contribution in [2.24, 2.45) is 5.92 Å². The molecule has 1 saturated heterocycles. The number of fused-ring (bicyclic) bond motifs is 1. The molecular formula is C24H30ClN5O3. The van der Waals surface area contributed by atoms with Gasteiger partial charge in [0.2, 0.25) is 11.8 Å². The molecule has 0 spiro atoms. The Bertz CT molecular complexity index is 1180. The van der Waals surface area contributed by atoms with Crippen LogP contribution in [0.25, 0.3) is 17.0 Å². The van der Waals surface area contributed by atoms with Gasteiger partial charge in [-0.1, -0.05) is 11.6 Å². The lowest BCUT2D eigenvalue weighted by atomic mass is 9.89. The van der Waals surface area contributed by atoms with Crippen LogP contribution in [-0.2, 0) is 11.2 Å². The Morgan fingerprint density at radius 3 is 2.64 bits per heavy atom. The molecule has 0 radical (unpaired) electrons. The molecule has 0 bridgehead atoms. The van der Waals surface area contributed by atoms with Crippen molar-refractivity contribution in [3.05, 3.63) is 34.5 Å². The molecule has 9 heteroatoms. The number of imidazole rings is 1. The zero-order chi connectivity index (χ0) is 23.3. The predicted octanol–water partition coefficient (Wildman–Crippen LogP) is 3.93. The zero-order valence-corrected chi connectivity index (χ0v) is 19.8. The summed E-state index contributed by atoms with van der Waals surface area (Å²) in [5.74, 6) is 1.30. The predicted molar refractivity (Wildman–Crippen MR) is 126 cm³/mol. The molecule has 1 aliphatic carbocycles. The van der Waals surface area contributed by atoms with E-state index in [0.717, 1.165) is 60.8 Å². The Morgan fingerprint density at radius 2 is 1.97 bits per heavy atom. The topological polar surface area (TPSA) is 107 Å². The van der Waals surface area contributed by atoms with E-state index in [2.05, 4.69) is 9.97 Å². The molecule has 3 N–H and O–H groups in total. The highest BCUT2D eigenvalue weighted by atomic mass is 35.5. The van der Waals surface area contributed by atoms with Crippen LogP contribution in [0.2, 0.25) is 5.02 Å². The molecule has 2 aliphatic rings. The van der Waals surface area contributed by atoms with Crippen LogP contribution in [0, 0.1) is 5.92 Å². The molecule has 0 unspecified atom stereocenters. The van der Waals surface area contributed by atoms with Gasteiger partial charge in [-0.05, 0) is 76.5 Å². The first-order valence-corrected chi connectivity index (χ1v) is 12.1. The summed E-state index contributed by atoms with van der Waals surface area (Å²) in [7, 11) is 0. The van der Waals surface area contributed by atoms with Gasteiger partial charge in [0.05, 0.1) is 16.7 Å². The first-order chi connectivity index (χ1) is 15.7. The Morgan fingerprint density at radius 1 is 1.24 bits per heavy atom. The molecule has 5 rings (SSSR count). The van der Waals surface area contributed by atoms with Crippen LogP contribution in [0.5, 0.6) is 5.88 Å². The fourth-order valence-corrected chi connectivity index (χ4v) is 4.92. The number of likely N-dealkylation sites (tertiary alicyclic amines) is 1. The number of benzene rings is 1. The third-order valence-corrected chi connectivity index (χ3v) is 7.05. The molecule has 2 fully saturated rings. The van der Waals surface area contributed by atoms with Crippen LogP contribution in [0.4, 0.5) is 0 Å². The van der Waals surface area contributed by atoms with E-state index in [0.29, 0.717) is 35.9 Å². The quantitative estimate of drug-likeness (QED) is 0.505. The summed E-state index contributed by atoms with van der Waals surface area (Å²) < 4.78 is 1.52. The van der Waals surface area contributed by atoms with Crippen LogP contribution in [0.15, 0.2) is 18.2 Å². The molecule has 33 heavy (non-hydrogen) atoms. The number of H-pyrrole nitrogens is 1. The van der Waals surface area contributed by atoms with Crippen molar-refractivity contribution < 1.29 is 15.0 Å². The van der Waals surface area contributed by atoms with Gasteiger partial charge in [-0.25, -0.2) is 4.98 Å². The molecule has 3 aromatic rings. The maximum Gasteiger partial charge on any atom is 0.253 e.